The fraction of sp³-hybridized carbons (Fsp3) is 0.500. The lowest BCUT2D eigenvalue weighted by Crippen LogP contribution is -2.32. The molecule has 1 aromatic carbocycles. The molecule has 2 fully saturated rings. The molecule has 4 nitrogen and oxygen atoms in total. The van der Waals surface area contributed by atoms with Gasteiger partial charge in [-0.05, 0) is 43.7 Å². The molecule has 3 atom stereocenters. The normalized spacial score (nSPS) is 31.2. The third kappa shape index (κ3) is 2.09. The van der Waals surface area contributed by atoms with E-state index >= 15 is 0 Å². The fourth-order valence-corrected chi connectivity index (χ4v) is 3.71. The molecule has 1 N–H and O–H groups in total. The smallest absolute Gasteiger partial charge is 0.339 e. The molecule has 2 saturated carbocycles. The zero-order valence-corrected chi connectivity index (χ0v) is 11.5. The maximum atomic E-state index is 12.3. The van der Waals surface area contributed by atoms with E-state index in [0.29, 0.717) is 5.92 Å². The van der Waals surface area contributed by atoms with Gasteiger partial charge in [0.25, 0.3) is 0 Å². The van der Waals surface area contributed by atoms with Crippen molar-refractivity contribution in [1.82, 2.24) is 0 Å². The largest absolute Gasteiger partial charge is 0.478 e. The number of carbonyl (C=O) groups excluding carboxylic acids is 1. The average Bonchev–Trinajstić information content (AvgIpc) is 2.94. The summed E-state index contributed by atoms with van der Waals surface area (Å²) in [6.07, 6.45) is 4.27. The summed E-state index contributed by atoms with van der Waals surface area (Å²) in [5.41, 5.74) is 0.232. The Morgan fingerprint density at radius 3 is 2.55 bits per heavy atom. The SMILES string of the molecule is C[C@]12CC[C@@H](C[C@@H]1OC(=O)c1ccccc1C(=O)O)C2. The Labute approximate surface area is 117 Å². The first kappa shape index (κ1) is 13.2. The third-order valence-electron chi connectivity index (χ3n) is 4.83. The van der Waals surface area contributed by atoms with E-state index in [9.17, 15) is 9.59 Å². The van der Waals surface area contributed by atoms with Crippen molar-refractivity contribution in [3.63, 3.8) is 0 Å². The van der Waals surface area contributed by atoms with Crippen molar-refractivity contribution in [2.24, 2.45) is 11.3 Å². The van der Waals surface area contributed by atoms with Crippen LogP contribution in [0.4, 0.5) is 0 Å². The molecule has 1 aromatic rings. The standard InChI is InChI=1S/C16H18O4/c1-16-7-6-10(9-16)8-13(16)20-15(19)12-5-3-2-4-11(12)14(17)18/h2-5,10,13H,6-9H2,1H3,(H,17,18)/t10-,13-,16+/m0/s1. The Hall–Kier alpha value is -1.84. The van der Waals surface area contributed by atoms with Gasteiger partial charge in [0.2, 0.25) is 0 Å². The lowest BCUT2D eigenvalue weighted by Gasteiger charge is -2.31. The topological polar surface area (TPSA) is 63.6 Å². The van der Waals surface area contributed by atoms with E-state index in [1.54, 1.807) is 12.1 Å². The van der Waals surface area contributed by atoms with Crippen LogP contribution < -0.4 is 0 Å². The van der Waals surface area contributed by atoms with Crippen molar-refractivity contribution in [3.8, 4) is 0 Å². The first-order valence-corrected chi connectivity index (χ1v) is 7.03. The van der Waals surface area contributed by atoms with Crippen molar-refractivity contribution >= 4 is 11.9 Å². The second-order valence-corrected chi connectivity index (χ2v) is 6.24. The molecule has 0 amide bonds. The number of rotatable bonds is 3. The molecule has 0 aromatic heterocycles. The predicted octanol–water partition coefficient (Wildman–Crippen LogP) is 3.12. The Morgan fingerprint density at radius 1 is 1.30 bits per heavy atom. The van der Waals surface area contributed by atoms with E-state index in [1.165, 1.54) is 18.6 Å². The van der Waals surface area contributed by atoms with Gasteiger partial charge in [-0.25, -0.2) is 9.59 Å². The minimum Gasteiger partial charge on any atom is -0.478 e. The molecule has 3 rings (SSSR count). The summed E-state index contributed by atoms with van der Waals surface area (Å²) >= 11 is 0. The Balaban J connectivity index is 1.79. The highest BCUT2D eigenvalue weighted by atomic mass is 16.5. The summed E-state index contributed by atoms with van der Waals surface area (Å²) in [6, 6.07) is 6.22. The van der Waals surface area contributed by atoms with Gasteiger partial charge in [0.05, 0.1) is 11.1 Å². The van der Waals surface area contributed by atoms with Gasteiger partial charge < -0.3 is 9.84 Å². The maximum Gasteiger partial charge on any atom is 0.339 e. The van der Waals surface area contributed by atoms with Gasteiger partial charge in [0, 0.05) is 5.41 Å². The minimum absolute atomic E-state index is 0.00538. The molecule has 2 aliphatic carbocycles. The number of fused-ring (bicyclic) bond motifs is 2. The molecular formula is C16H18O4. The monoisotopic (exact) mass is 274 g/mol. The van der Waals surface area contributed by atoms with Crippen molar-refractivity contribution in [3.05, 3.63) is 35.4 Å². The summed E-state index contributed by atoms with van der Waals surface area (Å²) < 4.78 is 5.62. The molecule has 2 bridgehead atoms. The summed E-state index contributed by atoms with van der Waals surface area (Å²) in [4.78, 5) is 23.4. The molecule has 4 heteroatoms. The Bertz CT molecular complexity index is 565. The second-order valence-electron chi connectivity index (χ2n) is 6.24. The van der Waals surface area contributed by atoms with Gasteiger partial charge in [0.1, 0.15) is 6.10 Å². The van der Waals surface area contributed by atoms with E-state index in [2.05, 4.69) is 6.92 Å². The molecule has 2 aliphatic rings. The van der Waals surface area contributed by atoms with Gasteiger partial charge in [-0.1, -0.05) is 19.1 Å². The first-order chi connectivity index (χ1) is 9.49. The molecule has 0 spiro atoms. The van der Waals surface area contributed by atoms with E-state index in [0.717, 1.165) is 19.3 Å². The van der Waals surface area contributed by atoms with E-state index < -0.39 is 11.9 Å². The Morgan fingerprint density at radius 2 is 2.00 bits per heavy atom. The average molecular weight is 274 g/mol. The van der Waals surface area contributed by atoms with E-state index in [4.69, 9.17) is 9.84 Å². The van der Waals surface area contributed by atoms with Crippen LogP contribution in [0.25, 0.3) is 0 Å². The number of hydrogen-bond donors (Lipinski definition) is 1. The number of carbonyl (C=O) groups is 2. The zero-order valence-electron chi connectivity index (χ0n) is 11.5. The summed E-state index contributed by atoms with van der Waals surface area (Å²) in [6.45, 7) is 2.17. The molecular weight excluding hydrogens is 256 g/mol. The molecule has 0 unspecified atom stereocenters. The van der Waals surface area contributed by atoms with Crippen LogP contribution in [0, 0.1) is 11.3 Å². The van der Waals surface area contributed by atoms with Crippen LogP contribution in [-0.4, -0.2) is 23.1 Å². The molecule has 20 heavy (non-hydrogen) atoms. The highest BCUT2D eigenvalue weighted by molar-refractivity contribution is 6.02. The summed E-state index contributed by atoms with van der Waals surface area (Å²) in [7, 11) is 0. The van der Waals surface area contributed by atoms with Gasteiger partial charge >= 0.3 is 11.9 Å². The summed E-state index contributed by atoms with van der Waals surface area (Å²) in [5.74, 6) is -0.953. The number of aromatic carboxylic acids is 1. The first-order valence-electron chi connectivity index (χ1n) is 7.03. The molecule has 0 aliphatic heterocycles. The van der Waals surface area contributed by atoms with Crippen molar-refractivity contribution in [1.29, 1.82) is 0 Å². The van der Waals surface area contributed by atoms with Gasteiger partial charge in [0.15, 0.2) is 0 Å². The van der Waals surface area contributed by atoms with Gasteiger partial charge in [-0.2, -0.15) is 0 Å². The fourth-order valence-electron chi connectivity index (χ4n) is 3.71. The third-order valence-corrected chi connectivity index (χ3v) is 4.83. The molecule has 0 radical (unpaired) electrons. The summed E-state index contributed by atoms with van der Waals surface area (Å²) in [5, 5.41) is 9.12. The number of hydrogen-bond acceptors (Lipinski definition) is 3. The minimum atomic E-state index is -1.10. The maximum absolute atomic E-state index is 12.3. The quantitative estimate of drug-likeness (QED) is 0.860. The van der Waals surface area contributed by atoms with Crippen LogP contribution in [0.2, 0.25) is 0 Å². The lowest BCUT2D eigenvalue weighted by atomic mass is 9.84. The number of carboxylic acids is 1. The predicted molar refractivity (Wildman–Crippen MR) is 72.7 cm³/mol. The number of ether oxygens (including phenoxy) is 1. The van der Waals surface area contributed by atoms with Crippen LogP contribution in [0.3, 0.4) is 0 Å². The Kier molecular flexibility index (Phi) is 3.04. The number of esters is 1. The van der Waals surface area contributed by atoms with Crippen LogP contribution >= 0.6 is 0 Å². The van der Waals surface area contributed by atoms with Crippen molar-refractivity contribution in [2.75, 3.05) is 0 Å². The molecule has 0 heterocycles. The van der Waals surface area contributed by atoms with Crippen molar-refractivity contribution in [2.45, 2.75) is 38.7 Å². The van der Waals surface area contributed by atoms with Crippen LogP contribution in [0.5, 0.6) is 0 Å². The van der Waals surface area contributed by atoms with Gasteiger partial charge in [-0.15, -0.1) is 0 Å². The highest BCUT2D eigenvalue weighted by Crippen LogP contribution is 2.55. The van der Waals surface area contributed by atoms with Gasteiger partial charge in [-0.3, -0.25) is 0 Å². The lowest BCUT2D eigenvalue weighted by molar-refractivity contribution is -0.00651. The number of carboxylic acid groups (broad SMARTS) is 1. The highest BCUT2D eigenvalue weighted by Gasteiger charge is 2.50. The van der Waals surface area contributed by atoms with E-state index in [-0.39, 0.29) is 22.6 Å². The molecule has 0 saturated heterocycles. The van der Waals surface area contributed by atoms with E-state index in [1.807, 2.05) is 0 Å². The molecule has 106 valence electrons. The van der Waals surface area contributed by atoms with Crippen LogP contribution in [-0.2, 0) is 4.74 Å². The van der Waals surface area contributed by atoms with Crippen LogP contribution in [0.15, 0.2) is 24.3 Å². The van der Waals surface area contributed by atoms with Crippen molar-refractivity contribution < 1.29 is 19.4 Å². The number of benzene rings is 1. The van der Waals surface area contributed by atoms with Crippen LogP contribution in [0.1, 0.15) is 53.3 Å². The zero-order chi connectivity index (χ0) is 14.3. The second kappa shape index (κ2) is 4.62.